The maximum Gasteiger partial charge on any atom is 0.191 e. The molecule has 0 aliphatic carbocycles. The second-order valence-electron chi connectivity index (χ2n) is 6.57. The number of rotatable bonds is 9. The molecule has 0 aliphatic rings. The number of ether oxygens (including phenoxy) is 4. The molecule has 0 spiro atoms. The molecule has 0 radical (unpaired) electrons. The van der Waals surface area contributed by atoms with E-state index in [9.17, 15) is 0 Å². The van der Waals surface area contributed by atoms with Crippen molar-refractivity contribution in [3.05, 3.63) is 47.5 Å². The lowest BCUT2D eigenvalue weighted by molar-refractivity contribution is 0.223. The van der Waals surface area contributed by atoms with Crippen LogP contribution in [0.1, 0.15) is 18.1 Å². The van der Waals surface area contributed by atoms with Crippen LogP contribution in [0.4, 0.5) is 0 Å². The topological polar surface area (TPSA) is 73.3 Å². The van der Waals surface area contributed by atoms with E-state index in [2.05, 4.69) is 15.6 Å². The third-order valence-corrected chi connectivity index (χ3v) is 4.34. The Morgan fingerprint density at radius 1 is 0.967 bits per heavy atom. The molecule has 2 N–H and O–H groups in total. The van der Waals surface area contributed by atoms with Gasteiger partial charge in [0.1, 0.15) is 17.6 Å². The largest absolute Gasteiger partial charge is 0.496 e. The van der Waals surface area contributed by atoms with Crippen molar-refractivity contribution in [2.75, 3.05) is 34.9 Å². The molecule has 0 saturated carbocycles. The quantitative estimate of drug-likeness (QED) is 0.293. The van der Waals surface area contributed by atoms with E-state index in [0.29, 0.717) is 36.3 Å². The van der Waals surface area contributed by atoms with Crippen molar-refractivity contribution >= 4 is 29.9 Å². The molecule has 30 heavy (non-hydrogen) atoms. The van der Waals surface area contributed by atoms with Gasteiger partial charge in [-0.15, -0.1) is 24.0 Å². The third-order valence-electron chi connectivity index (χ3n) is 4.34. The molecule has 0 aromatic heterocycles. The Hall–Kier alpha value is -2.36. The van der Waals surface area contributed by atoms with Gasteiger partial charge in [-0.25, -0.2) is 0 Å². The molecular weight excluding hydrogens is 497 g/mol. The van der Waals surface area contributed by atoms with Crippen LogP contribution in [0.5, 0.6) is 23.0 Å². The fraction of sp³-hybridized carbons (Fsp3) is 0.409. The predicted octanol–water partition coefficient (Wildman–Crippen LogP) is 3.77. The Morgan fingerprint density at radius 3 is 2.23 bits per heavy atom. The number of methoxy groups -OCH3 is 3. The van der Waals surface area contributed by atoms with Crippen LogP contribution < -0.4 is 29.6 Å². The van der Waals surface area contributed by atoms with E-state index in [1.54, 1.807) is 28.4 Å². The van der Waals surface area contributed by atoms with Gasteiger partial charge in [0.15, 0.2) is 17.5 Å². The van der Waals surface area contributed by atoms with E-state index >= 15 is 0 Å². The predicted molar refractivity (Wildman–Crippen MR) is 131 cm³/mol. The van der Waals surface area contributed by atoms with Gasteiger partial charge < -0.3 is 29.6 Å². The molecule has 166 valence electrons. The molecule has 0 heterocycles. The summed E-state index contributed by atoms with van der Waals surface area (Å²) in [5, 5.41) is 6.56. The highest BCUT2D eigenvalue weighted by molar-refractivity contribution is 14.0. The summed E-state index contributed by atoms with van der Waals surface area (Å²) in [6, 6.07) is 11.7. The zero-order valence-electron chi connectivity index (χ0n) is 18.4. The summed E-state index contributed by atoms with van der Waals surface area (Å²) in [6.07, 6.45) is -0.0223. The molecule has 2 aromatic carbocycles. The van der Waals surface area contributed by atoms with Gasteiger partial charge in [0, 0.05) is 25.2 Å². The number of aliphatic imine (C=N–C) groups is 1. The smallest absolute Gasteiger partial charge is 0.191 e. The fourth-order valence-corrected chi connectivity index (χ4v) is 2.83. The van der Waals surface area contributed by atoms with Gasteiger partial charge in [0.05, 0.1) is 27.9 Å². The zero-order chi connectivity index (χ0) is 21.2. The first kappa shape index (κ1) is 25.7. The van der Waals surface area contributed by atoms with Crippen LogP contribution in [-0.4, -0.2) is 47.0 Å². The van der Waals surface area contributed by atoms with Crippen molar-refractivity contribution in [3.63, 3.8) is 0 Å². The van der Waals surface area contributed by atoms with Crippen molar-refractivity contribution in [3.8, 4) is 23.0 Å². The second-order valence-corrected chi connectivity index (χ2v) is 6.57. The molecule has 8 heteroatoms. The minimum atomic E-state index is -0.0223. The van der Waals surface area contributed by atoms with Crippen LogP contribution in [0.15, 0.2) is 41.4 Å². The Labute approximate surface area is 196 Å². The first-order valence-electron chi connectivity index (χ1n) is 9.47. The number of nitrogens with zero attached hydrogens (tertiary/aromatic N) is 1. The number of aryl methyl sites for hydroxylation is 1. The molecule has 0 saturated heterocycles. The molecule has 1 atom stereocenters. The minimum Gasteiger partial charge on any atom is -0.496 e. The maximum atomic E-state index is 5.95. The third kappa shape index (κ3) is 7.47. The molecule has 0 aliphatic heterocycles. The molecule has 0 fully saturated rings. The molecule has 2 rings (SSSR count). The minimum absolute atomic E-state index is 0. The normalized spacial score (nSPS) is 11.7. The van der Waals surface area contributed by atoms with Crippen LogP contribution in [-0.2, 0) is 6.54 Å². The summed E-state index contributed by atoms with van der Waals surface area (Å²) in [4.78, 5) is 4.27. The molecule has 0 amide bonds. The number of hydrogen-bond donors (Lipinski definition) is 2. The lowest BCUT2D eigenvalue weighted by Crippen LogP contribution is -2.41. The molecular formula is C22H32IN3O4. The average Bonchev–Trinajstić information content (AvgIpc) is 2.73. The Balaban J connectivity index is 0.00000450. The van der Waals surface area contributed by atoms with Crippen molar-refractivity contribution < 1.29 is 18.9 Å². The number of halogens is 1. The van der Waals surface area contributed by atoms with E-state index in [-0.39, 0.29) is 30.1 Å². The highest BCUT2D eigenvalue weighted by Crippen LogP contribution is 2.34. The summed E-state index contributed by atoms with van der Waals surface area (Å²) < 4.78 is 22.1. The summed E-state index contributed by atoms with van der Waals surface area (Å²) >= 11 is 0. The summed E-state index contributed by atoms with van der Waals surface area (Å²) in [7, 11) is 6.56. The molecule has 1 unspecified atom stereocenters. The van der Waals surface area contributed by atoms with E-state index in [4.69, 9.17) is 18.9 Å². The fourth-order valence-electron chi connectivity index (χ4n) is 2.83. The summed E-state index contributed by atoms with van der Waals surface area (Å²) in [5.74, 6) is 3.51. The van der Waals surface area contributed by atoms with Crippen molar-refractivity contribution in [2.24, 2.45) is 4.99 Å². The lowest BCUT2D eigenvalue weighted by Gasteiger charge is -2.19. The molecule has 7 nitrogen and oxygen atoms in total. The molecule has 2 aromatic rings. The first-order valence-corrected chi connectivity index (χ1v) is 9.47. The van der Waals surface area contributed by atoms with E-state index in [1.165, 1.54) is 5.56 Å². The monoisotopic (exact) mass is 529 g/mol. The average molecular weight is 529 g/mol. The number of guanidine groups is 1. The van der Waals surface area contributed by atoms with Gasteiger partial charge in [0.2, 0.25) is 0 Å². The number of hydrogen-bond acceptors (Lipinski definition) is 5. The highest BCUT2D eigenvalue weighted by atomic mass is 127. The van der Waals surface area contributed by atoms with Gasteiger partial charge in [-0.3, -0.25) is 4.99 Å². The summed E-state index contributed by atoms with van der Waals surface area (Å²) in [5.41, 5.74) is 2.10. The van der Waals surface area contributed by atoms with Crippen LogP contribution in [0.3, 0.4) is 0 Å². The van der Waals surface area contributed by atoms with Crippen LogP contribution in [0, 0.1) is 6.92 Å². The van der Waals surface area contributed by atoms with Crippen molar-refractivity contribution in [1.82, 2.24) is 10.6 Å². The Morgan fingerprint density at radius 2 is 1.63 bits per heavy atom. The van der Waals surface area contributed by atoms with E-state index in [0.717, 1.165) is 11.3 Å². The van der Waals surface area contributed by atoms with Crippen molar-refractivity contribution in [2.45, 2.75) is 26.5 Å². The van der Waals surface area contributed by atoms with Crippen molar-refractivity contribution in [1.29, 1.82) is 0 Å². The number of benzene rings is 2. The summed E-state index contributed by atoms with van der Waals surface area (Å²) in [6.45, 7) is 5.18. The highest BCUT2D eigenvalue weighted by Gasteiger charge is 2.13. The zero-order valence-corrected chi connectivity index (χ0v) is 20.8. The van der Waals surface area contributed by atoms with Gasteiger partial charge >= 0.3 is 0 Å². The van der Waals surface area contributed by atoms with Crippen LogP contribution >= 0.6 is 24.0 Å². The van der Waals surface area contributed by atoms with Gasteiger partial charge in [-0.2, -0.15) is 0 Å². The van der Waals surface area contributed by atoms with E-state index < -0.39 is 0 Å². The maximum absolute atomic E-state index is 5.95. The lowest BCUT2D eigenvalue weighted by atomic mass is 10.1. The second kappa shape index (κ2) is 13.0. The van der Waals surface area contributed by atoms with Gasteiger partial charge in [-0.05, 0) is 37.6 Å². The Bertz CT molecular complexity index is 830. The SMILES string of the molecule is CN=C(NCc1cc(OC)c(OC)cc1OC)NCC(C)Oc1cccc(C)c1.I. The van der Waals surface area contributed by atoms with Gasteiger partial charge in [0.25, 0.3) is 0 Å². The molecule has 0 bridgehead atoms. The van der Waals surface area contributed by atoms with E-state index in [1.807, 2.05) is 50.2 Å². The van der Waals surface area contributed by atoms with Gasteiger partial charge in [-0.1, -0.05) is 12.1 Å². The van der Waals surface area contributed by atoms with Crippen LogP contribution in [0.25, 0.3) is 0 Å². The first-order chi connectivity index (χ1) is 14.0. The Kier molecular flexibility index (Phi) is 11.2. The number of nitrogens with one attached hydrogen (secondary N) is 2. The van der Waals surface area contributed by atoms with Crippen LogP contribution in [0.2, 0.25) is 0 Å². The standard InChI is InChI=1S/C22H31N3O4.HI/c1-15-8-7-9-18(10-15)29-16(2)13-24-22(23-3)25-14-17-11-20(27-5)21(28-6)12-19(17)26-4;/h7-12,16H,13-14H2,1-6H3,(H2,23,24,25);1H.